The Bertz CT molecular complexity index is 260. The Labute approximate surface area is 85.9 Å². The molecular weight excluding hydrogens is 174 g/mol. The van der Waals surface area contributed by atoms with E-state index in [0.717, 1.165) is 26.2 Å². The van der Waals surface area contributed by atoms with Crippen LogP contribution < -0.4 is 10.6 Å². The zero-order chi connectivity index (χ0) is 10.2. The smallest absolute Gasteiger partial charge is 0.0313 e. The fourth-order valence-corrected chi connectivity index (χ4v) is 1.30. The van der Waals surface area contributed by atoms with Crippen LogP contribution in [0.3, 0.4) is 0 Å². The number of pyridine rings is 1. The third-order valence-electron chi connectivity index (χ3n) is 1.99. The summed E-state index contributed by atoms with van der Waals surface area (Å²) in [4.78, 5) is 4.14. The maximum atomic E-state index is 4.14. The topological polar surface area (TPSA) is 37.0 Å². The summed E-state index contributed by atoms with van der Waals surface area (Å²) in [5.41, 5.74) is 2.47. The average molecular weight is 193 g/mol. The molecule has 78 valence electrons. The number of nitrogens with zero attached hydrogens (tertiary/aromatic N) is 1. The summed E-state index contributed by atoms with van der Waals surface area (Å²) in [5, 5.41) is 6.63. The van der Waals surface area contributed by atoms with E-state index in [4.69, 9.17) is 0 Å². The zero-order valence-corrected chi connectivity index (χ0v) is 9.01. The van der Waals surface area contributed by atoms with Crippen molar-refractivity contribution in [2.75, 3.05) is 19.6 Å². The van der Waals surface area contributed by atoms with Gasteiger partial charge < -0.3 is 10.6 Å². The van der Waals surface area contributed by atoms with Crippen LogP contribution in [0, 0.1) is 6.92 Å². The number of aromatic nitrogens is 1. The highest BCUT2D eigenvalue weighted by atomic mass is 14.9. The lowest BCUT2D eigenvalue weighted by Gasteiger charge is -2.05. The lowest BCUT2D eigenvalue weighted by atomic mass is 10.2. The maximum absolute atomic E-state index is 4.14. The van der Waals surface area contributed by atoms with Crippen molar-refractivity contribution >= 4 is 0 Å². The van der Waals surface area contributed by atoms with Gasteiger partial charge in [0.15, 0.2) is 0 Å². The summed E-state index contributed by atoms with van der Waals surface area (Å²) in [6.45, 7) is 8.14. The maximum Gasteiger partial charge on any atom is 0.0313 e. The number of nitrogens with one attached hydrogen (secondary N) is 2. The van der Waals surface area contributed by atoms with E-state index >= 15 is 0 Å². The van der Waals surface area contributed by atoms with Crippen LogP contribution >= 0.6 is 0 Å². The van der Waals surface area contributed by atoms with Gasteiger partial charge in [-0.25, -0.2) is 0 Å². The van der Waals surface area contributed by atoms with Crippen molar-refractivity contribution in [3.05, 3.63) is 29.6 Å². The second-order valence-electron chi connectivity index (χ2n) is 3.40. The highest BCUT2D eigenvalue weighted by Gasteiger charge is 1.92. The fourth-order valence-electron chi connectivity index (χ4n) is 1.30. The lowest BCUT2D eigenvalue weighted by Crippen LogP contribution is -2.26. The van der Waals surface area contributed by atoms with E-state index in [1.807, 2.05) is 12.4 Å². The van der Waals surface area contributed by atoms with Crippen molar-refractivity contribution in [2.24, 2.45) is 0 Å². The molecular formula is C11H19N3. The molecule has 0 aliphatic heterocycles. The molecule has 0 unspecified atom stereocenters. The molecule has 0 spiro atoms. The lowest BCUT2D eigenvalue weighted by molar-refractivity contribution is 0.624. The highest BCUT2D eigenvalue weighted by Crippen LogP contribution is 1.99. The summed E-state index contributed by atoms with van der Waals surface area (Å²) in [7, 11) is 0. The van der Waals surface area contributed by atoms with Crippen LogP contribution in [-0.2, 0) is 6.54 Å². The molecule has 1 aromatic heterocycles. The van der Waals surface area contributed by atoms with Crippen LogP contribution in [0.2, 0.25) is 0 Å². The second kappa shape index (κ2) is 6.51. The van der Waals surface area contributed by atoms with E-state index < -0.39 is 0 Å². The van der Waals surface area contributed by atoms with Gasteiger partial charge in [0, 0.05) is 32.0 Å². The van der Waals surface area contributed by atoms with Gasteiger partial charge in [-0.2, -0.15) is 0 Å². The molecule has 0 atom stereocenters. The van der Waals surface area contributed by atoms with Gasteiger partial charge in [-0.15, -0.1) is 0 Å². The van der Waals surface area contributed by atoms with Crippen molar-refractivity contribution in [1.29, 1.82) is 0 Å². The Balaban J connectivity index is 2.18. The molecule has 0 bridgehead atoms. The first-order chi connectivity index (χ1) is 6.83. The van der Waals surface area contributed by atoms with E-state index in [0.29, 0.717) is 0 Å². The van der Waals surface area contributed by atoms with E-state index in [2.05, 4.69) is 35.5 Å². The number of aryl methyl sites for hydroxylation is 1. The van der Waals surface area contributed by atoms with Gasteiger partial charge in [0.05, 0.1) is 0 Å². The van der Waals surface area contributed by atoms with Crippen molar-refractivity contribution < 1.29 is 0 Å². The fraction of sp³-hybridized carbons (Fsp3) is 0.545. The summed E-state index contributed by atoms with van der Waals surface area (Å²) in [6.07, 6.45) is 3.79. The molecule has 14 heavy (non-hydrogen) atoms. The van der Waals surface area contributed by atoms with Gasteiger partial charge in [0.25, 0.3) is 0 Å². The van der Waals surface area contributed by atoms with Crippen LogP contribution in [0.15, 0.2) is 18.5 Å². The van der Waals surface area contributed by atoms with Crippen LogP contribution in [0.5, 0.6) is 0 Å². The molecule has 0 radical (unpaired) electrons. The van der Waals surface area contributed by atoms with Gasteiger partial charge in [0.2, 0.25) is 0 Å². The number of rotatable bonds is 6. The predicted molar refractivity (Wildman–Crippen MR) is 59.2 cm³/mol. The molecule has 0 aliphatic rings. The SMILES string of the molecule is CCNCCNCc1cncc(C)c1. The Morgan fingerprint density at radius 3 is 2.71 bits per heavy atom. The number of likely N-dealkylation sites (N-methyl/N-ethyl adjacent to an activating group) is 1. The summed E-state index contributed by atoms with van der Waals surface area (Å²) < 4.78 is 0. The molecule has 2 N–H and O–H groups in total. The van der Waals surface area contributed by atoms with Crippen LogP contribution in [-0.4, -0.2) is 24.6 Å². The van der Waals surface area contributed by atoms with Gasteiger partial charge >= 0.3 is 0 Å². The second-order valence-corrected chi connectivity index (χ2v) is 3.40. The molecule has 0 fully saturated rings. The quantitative estimate of drug-likeness (QED) is 0.664. The van der Waals surface area contributed by atoms with Gasteiger partial charge in [-0.3, -0.25) is 4.98 Å². The minimum absolute atomic E-state index is 0.903. The molecule has 3 heteroatoms. The molecule has 0 saturated heterocycles. The molecule has 0 amide bonds. The summed E-state index contributed by atoms with van der Waals surface area (Å²) in [6, 6.07) is 2.16. The first-order valence-corrected chi connectivity index (χ1v) is 5.15. The molecule has 3 nitrogen and oxygen atoms in total. The number of hydrogen-bond acceptors (Lipinski definition) is 3. The van der Waals surface area contributed by atoms with Gasteiger partial charge in [-0.1, -0.05) is 13.0 Å². The normalized spacial score (nSPS) is 10.4. The Morgan fingerprint density at radius 1 is 1.21 bits per heavy atom. The molecule has 1 rings (SSSR count). The molecule has 0 saturated carbocycles. The van der Waals surface area contributed by atoms with Gasteiger partial charge in [-0.05, 0) is 24.6 Å². The number of hydrogen-bond donors (Lipinski definition) is 2. The van der Waals surface area contributed by atoms with E-state index in [1.54, 1.807) is 0 Å². The first-order valence-electron chi connectivity index (χ1n) is 5.15. The van der Waals surface area contributed by atoms with E-state index in [-0.39, 0.29) is 0 Å². The largest absolute Gasteiger partial charge is 0.316 e. The van der Waals surface area contributed by atoms with Gasteiger partial charge in [0.1, 0.15) is 0 Å². The highest BCUT2D eigenvalue weighted by molar-refractivity contribution is 5.16. The molecule has 0 aliphatic carbocycles. The van der Waals surface area contributed by atoms with E-state index in [9.17, 15) is 0 Å². The predicted octanol–water partition coefficient (Wildman–Crippen LogP) is 1.09. The Kier molecular flexibility index (Phi) is 5.19. The summed E-state index contributed by atoms with van der Waals surface area (Å²) >= 11 is 0. The average Bonchev–Trinajstić information content (AvgIpc) is 2.18. The van der Waals surface area contributed by atoms with E-state index in [1.165, 1.54) is 11.1 Å². The molecule has 1 heterocycles. The van der Waals surface area contributed by atoms with Crippen molar-refractivity contribution in [1.82, 2.24) is 15.6 Å². The standard InChI is InChI=1S/C11H19N3/c1-3-12-4-5-13-8-11-6-10(2)7-14-9-11/h6-7,9,12-13H,3-5,8H2,1-2H3. The minimum atomic E-state index is 0.903. The van der Waals surface area contributed by atoms with Crippen molar-refractivity contribution in [3.63, 3.8) is 0 Å². The Hall–Kier alpha value is -0.930. The first kappa shape index (κ1) is 11.1. The molecule has 0 aromatic carbocycles. The third kappa shape index (κ3) is 4.35. The monoisotopic (exact) mass is 193 g/mol. The van der Waals surface area contributed by atoms with Crippen LogP contribution in [0.1, 0.15) is 18.1 Å². The van der Waals surface area contributed by atoms with Crippen molar-refractivity contribution in [2.45, 2.75) is 20.4 Å². The summed E-state index contributed by atoms with van der Waals surface area (Å²) in [5.74, 6) is 0. The molecule has 1 aromatic rings. The zero-order valence-electron chi connectivity index (χ0n) is 9.01. The van der Waals surface area contributed by atoms with Crippen molar-refractivity contribution in [3.8, 4) is 0 Å². The Morgan fingerprint density at radius 2 is 2.00 bits per heavy atom. The van der Waals surface area contributed by atoms with Crippen LogP contribution in [0.4, 0.5) is 0 Å². The minimum Gasteiger partial charge on any atom is -0.316 e. The van der Waals surface area contributed by atoms with Crippen LogP contribution in [0.25, 0.3) is 0 Å². The third-order valence-corrected chi connectivity index (χ3v) is 1.99.